The highest BCUT2D eigenvalue weighted by Crippen LogP contribution is 2.18. The Labute approximate surface area is 167 Å². The van der Waals surface area contributed by atoms with E-state index < -0.39 is 6.10 Å². The van der Waals surface area contributed by atoms with Gasteiger partial charge in [-0.2, -0.15) is 0 Å². The van der Waals surface area contributed by atoms with Crippen LogP contribution in [0.15, 0.2) is 54.6 Å². The van der Waals surface area contributed by atoms with Crippen LogP contribution in [-0.2, 0) is 20.7 Å². The Bertz CT molecular complexity index is 743. The zero-order valence-corrected chi connectivity index (χ0v) is 16.8. The maximum atomic E-state index is 12.3. The molecular weight excluding hydrogens is 354 g/mol. The molecule has 0 saturated carbocycles. The summed E-state index contributed by atoms with van der Waals surface area (Å²) in [7, 11) is 1.61. The molecule has 1 amide bonds. The average molecular weight is 383 g/mol. The van der Waals surface area contributed by atoms with Gasteiger partial charge in [0, 0.05) is 18.9 Å². The number of amides is 1. The van der Waals surface area contributed by atoms with Crippen molar-refractivity contribution in [1.29, 1.82) is 0 Å². The molecule has 28 heavy (non-hydrogen) atoms. The average Bonchev–Trinajstić information content (AvgIpc) is 2.73. The normalized spacial score (nSPS) is 12.7. The van der Waals surface area contributed by atoms with Gasteiger partial charge in [-0.05, 0) is 43.0 Å². The first-order chi connectivity index (χ1) is 13.5. The first kappa shape index (κ1) is 21.5. The van der Waals surface area contributed by atoms with Crippen LogP contribution in [0.4, 0.5) is 0 Å². The molecule has 0 saturated heterocycles. The number of carbonyl (C=O) groups excluding carboxylic acids is 2. The maximum Gasteiger partial charge on any atom is 0.306 e. The van der Waals surface area contributed by atoms with Gasteiger partial charge in [-0.1, -0.05) is 49.4 Å². The molecule has 1 N–H and O–H groups in total. The summed E-state index contributed by atoms with van der Waals surface area (Å²) in [6.45, 7) is 4.21. The fourth-order valence-corrected chi connectivity index (χ4v) is 2.94. The number of methoxy groups -OCH3 is 1. The van der Waals surface area contributed by atoms with E-state index in [9.17, 15) is 9.59 Å². The Morgan fingerprint density at radius 1 is 1.04 bits per heavy atom. The second-order valence-corrected chi connectivity index (χ2v) is 6.74. The van der Waals surface area contributed by atoms with Crippen molar-refractivity contribution in [1.82, 2.24) is 5.32 Å². The van der Waals surface area contributed by atoms with E-state index >= 15 is 0 Å². The molecule has 5 nitrogen and oxygen atoms in total. The van der Waals surface area contributed by atoms with Crippen LogP contribution in [0, 0.1) is 0 Å². The summed E-state index contributed by atoms with van der Waals surface area (Å²) < 4.78 is 10.4. The van der Waals surface area contributed by atoms with E-state index in [4.69, 9.17) is 9.47 Å². The maximum absolute atomic E-state index is 12.3. The van der Waals surface area contributed by atoms with E-state index in [1.165, 1.54) is 5.56 Å². The lowest BCUT2D eigenvalue weighted by Crippen LogP contribution is -2.38. The zero-order chi connectivity index (χ0) is 20.4. The molecular formula is C23H29NO4. The third kappa shape index (κ3) is 6.72. The fraction of sp³-hybridized carbons (Fsp3) is 0.391. The first-order valence-corrected chi connectivity index (χ1v) is 9.68. The molecule has 2 aromatic carbocycles. The number of hydrogen-bond acceptors (Lipinski definition) is 4. The minimum Gasteiger partial charge on any atom is -0.497 e. The number of ether oxygens (including phenoxy) is 2. The number of carbonyl (C=O) groups is 2. The van der Waals surface area contributed by atoms with Crippen molar-refractivity contribution < 1.29 is 19.1 Å². The Balaban J connectivity index is 1.75. The summed E-state index contributed by atoms with van der Waals surface area (Å²) in [4.78, 5) is 24.3. The molecule has 0 heterocycles. The summed E-state index contributed by atoms with van der Waals surface area (Å²) in [6.07, 6.45) is 0.895. The van der Waals surface area contributed by atoms with Crippen molar-refractivity contribution in [2.45, 2.75) is 45.1 Å². The zero-order valence-electron chi connectivity index (χ0n) is 16.8. The third-order valence-corrected chi connectivity index (χ3v) is 4.74. The molecule has 2 rings (SSSR count). The number of rotatable bonds is 10. The molecule has 2 atom stereocenters. The molecule has 0 spiro atoms. The van der Waals surface area contributed by atoms with Crippen LogP contribution in [0.3, 0.4) is 0 Å². The Hall–Kier alpha value is -2.82. The fourth-order valence-electron chi connectivity index (χ4n) is 2.94. The van der Waals surface area contributed by atoms with Gasteiger partial charge in [0.2, 0.25) is 0 Å². The van der Waals surface area contributed by atoms with Crippen molar-refractivity contribution in [3.8, 4) is 5.75 Å². The van der Waals surface area contributed by atoms with Crippen LogP contribution in [0.5, 0.6) is 5.75 Å². The van der Waals surface area contributed by atoms with Crippen LogP contribution < -0.4 is 10.1 Å². The molecule has 0 aliphatic carbocycles. The predicted molar refractivity (Wildman–Crippen MR) is 109 cm³/mol. The quantitative estimate of drug-likeness (QED) is 0.633. The lowest BCUT2D eigenvalue weighted by atomic mass is 9.96. The number of nitrogens with one attached hydrogen (secondary N) is 1. The van der Waals surface area contributed by atoms with Crippen molar-refractivity contribution in [3.63, 3.8) is 0 Å². The van der Waals surface area contributed by atoms with Crippen LogP contribution in [0.2, 0.25) is 0 Å². The Morgan fingerprint density at radius 2 is 1.71 bits per heavy atom. The van der Waals surface area contributed by atoms with Gasteiger partial charge in [-0.3, -0.25) is 9.59 Å². The lowest BCUT2D eigenvalue weighted by Gasteiger charge is -2.18. The summed E-state index contributed by atoms with van der Waals surface area (Å²) in [5.41, 5.74) is 2.21. The Kier molecular flexibility index (Phi) is 8.53. The Morgan fingerprint density at radius 3 is 2.32 bits per heavy atom. The van der Waals surface area contributed by atoms with Gasteiger partial charge in [0.1, 0.15) is 5.75 Å². The second kappa shape index (κ2) is 11.1. The number of benzene rings is 2. The van der Waals surface area contributed by atoms with Gasteiger partial charge < -0.3 is 14.8 Å². The monoisotopic (exact) mass is 383 g/mol. The molecule has 0 fully saturated rings. The van der Waals surface area contributed by atoms with E-state index in [0.29, 0.717) is 13.0 Å². The summed E-state index contributed by atoms with van der Waals surface area (Å²) in [5.74, 6) is 0.362. The van der Waals surface area contributed by atoms with Crippen LogP contribution >= 0.6 is 0 Å². The van der Waals surface area contributed by atoms with E-state index in [1.807, 2.05) is 42.5 Å². The van der Waals surface area contributed by atoms with Crippen molar-refractivity contribution >= 4 is 11.9 Å². The summed E-state index contributed by atoms with van der Waals surface area (Å²) in [6, 6.07) is 17.6. The summed E-state index contributed by atoms with van der Waals surface area (Å²) in [5, 5.41) is 2.89. The molecule has 0 bridgehead atoms. The molecule has 0 aromatic heterocycles. The highest BCUT2D eigenvalue weighted by atomic mass is 16.5. The van der Waals surface area contributed by atoms with Gasteiger partial charge in [-0.15, -0.1) is 0 Å². The summed E-state index contributed by atoms with van der Waals surface area (Å²) >= 11 is 0. The van der Waals surface area contributed by atoms with Crippen LogP contribution in [0.25, 0.3) is 0 Å². The number of hydrogen-bond donors (Lipinski definition) is 1. The predicted octanol–water partition coefficient (Wildman–Crippen LogP) is 3.87. The molecule has 0 aliphatic heterocycles. The smallest absolute Gasteiger partial charge is 0.306 e. The molecule has 0 unspecified atom stereocenters. The van der Waals surface area contributed by atoms with Crippen molar-refractivity contribution in [2.75, 3.05) is 13.7 Å². The van der Waals surface area contributed by atoms with E-state index in [1.54, 1.807) is 14.0 Å². The van der Waals surface area contributed by atoms with Gasteiger partial charge in [0.25, 0.3) is 5.91 Å². The molecule has 0 radical (unpaired) electrons. The van der Waals surface area contributed by atoms with Crippen molar-refractivity contribution in [3.05, 3.63) is 65.7 Å². The highest BCUT2D eigenvalue weighted by Gasteiger charge is 2.19. The molecule has 0 aliphatic rings. The SMILES string of the molecule is CC[C@@H](CNC(=O)[C@H](C)OC(=O)CCc1ccc(OC)cc1)c1ccccc1. The minimum absolute atomic E-state index is 0.228. The standard InChI is InChI=1S/C23H29NO4/c1-4-19(20-8-6-5-7-9-20)16-24-23(26)17(2)28-22(25)15-12-18-10-13-21(27-3)14-11-18/h5-11,13-14,17,19H,4,12,15-16H2,1-3H3,(H,24,26)/t17-,19-/m0/s1. The molecule has 5 heteroatoms. The van der Waals surface area contributed by atoms with Gasteiger partial charge in [0.05, 0.1) is 7.11 Å². The van der Waals surface area contributed by atoms with Gasteiger partial charge in [0.15, 0.2) is 6.10 Å². The minimum atomic E-state index is -0.809. The van der Waals surface area contributed by atoms with Gasteiger partial charge >= 0.3 is 5.97 Å². The highest BCUT2D eigenvalue weighted by molar-refractivity contribution is 5.83. The van der Waals surface area contributed by atoms with Gasteiger partial charge in [-0.25, -0.2) is 0 Å². The first-order valence-electron chi connectivity index (χ1n) is 9.68. The second-order valence-electron chi connectivity index (χ2n) is 6.74. The van der Waals surface area contributed by atoms with Crippen LogP contribution in [0.1, 0.15) is 43.7 Å². The van der Waals surface area contributed by atoms with E-state index in [0.717, 1.165) is 17.7 Å². The van der Waals surface area contributed by atoms with Crippen LogP contribution in [-0.4, -0.2) is 31.6 Å². The number of esters is 1. The van der Waals surface area contributed by atoms with E-state index in [2.05, 4.69) is 24.4 Å². The number of aryl methyl sites for hydroxylation is 1. The molecule has 2 aromatic rings. The topological polar surface area (TPSA) is 64.6 Å². The largest absolute Gasteiger partial charge is 0.497 e. The lowest BCUT2D eigenvalue weighted by molar-refractivity contribution is -0.154. The third-order valence-electron chi connectivity index (χ3n) is 4.74. The van der Waals surface area contributed by atoms with E-state index in [-0.39, 0.29) is 24.2 Å². The molecule has 150 valence electrons. The van der Waals surface area contributed by atoms with Crippen molar-refractivity contribution in [2.24, 2.45) is 0 Å².